The van der Waals surface area contributed by atoms with Gasteiger partial charge in [-0.1, -0.05) is 5.16 Å². The molecule has 2 N–H and O–H groups in total. The maximum absolute atomic E-state index is 12.1. The summed E-state index contributed by atoms with van der Waals surface area (Å²) >= 11 is 0. The number of rotatable bonds is 2. The number of carbonyl (C=O) groups is 1. The van der Waals surface area contributed by atoms with Crippen molar-refractivity contribution in [1.82, 2.24) is 15.1 Å². The van der Waals surface area contributed by atoms with E-state index in [1.165, 1.54) is 0 Å². The lowest BCUT2D eigenvalue weighted by atomic mass is 9.89. The summed E-state index contributed by atoms with van der Waals surface area (Å²) in [4.78, 5) is 19.4. The van der Waals surface area contributed by atoms with Crippen LogP contribution in [0.15, 0.2) is 16.9 Å². The average Bonchev–Trinajstić information content (AvgIpc) is 2.96. The van der Waals surface area contributed by atoms with Crippen LogP contribution in [0.1, 0.15) is 23.6 Å². The molecule has 0 radical (unpaired) electrons. The first-order chi connectivity index (χ1) is 8.72. The number of anilines is 1. The van der Waals surface area contributed by atoms with Crippen molar-refractivity contribution in [1.29, 1.82) is 0 Å². The number of H-pyrrole nitrogens is 1. The molecular formula is C12H14N4O2. The number of aromatic nitrogens is 3. The Labute approximate surface area is 104 Å². The standard InChI is InChI=1S/C12H14N4O2/c1-7-4-11(16-18-7)15-12(17)8-2-3-9-10(5-8)14-6-13-9/h4,6,8H,2-3,5H2,1H3,(H,13,14)(H,15,16,17)/t8-/m0/s1. The number of aryl methyl sites for hydroxylation is 2. The second kappa shape index (κ2) is 4.29. The van der Waals surface area contributed by atoms with Crippen LogP contribution in [0.3, 0.4) is 0 Å². The van der Waals surface area contributed by atoms with Crippen LogP contribution >= 0.6 is 0 Å². The van der Waals surface area contributed by atoms with E-state index in [9.17, 15) is 4.79 Å². The molecule has 0 saturated heterocycles. The first kappa shape index (κ1) is 11.0. The Morgan fingerprint density at radius 1 is 1.61 bits per heavy atom. The lowest BCUT2D eigenvalue weighted by Crippen LogP contribution is -2.28. The van der Waals surface area contributed by atoms with Gasteiger partial charge in [0.05, 0.1) is 12.0 Å². The number of nitrogens with zero attached hydrogens (tertiary/aromatic N) is 2. The fraction of sp³-hybridized carbons (Fsp3) is 0.417. The summed E-state index contributed by atoms with van der Waals surface area (Å²) in [5.41, 5.74) is 2.15. The van der Waals surface area contributed by atoms with E-state index >= 15 is 0 Å². The van der Waals surface area contributed by atoms with Crippen LogP contribution in [0, 0.1) is 12.8 Å². The van der Waals surface area contributed by atoms with Gasteiger partial charge in [-0.2, -0.15) is 0 Å². The molecule has 1 atom stereocenters. The Hall–Kier alpha value is -2.11. The molecule has 1 amide bonds. The normalized spacial score (nSPS) is 18.4. The number of hydrogen-bond acceptors (Lipinski definition) is 4. The lowest BCUT2D eigenvalue weighted by Gasteiger charge is -2.19. The number of imidazole rings is 1. The minimum Gasteiger partial charge on any atom is -0.360 e. The number of carbonyl (C=O) groups excluding carboxylic acids is 1. The zero-order chi connectivity index (χ0) is 12.5. The smallest absolute Gasteiger partial charge is 0.229 e. The minimum atomic E-state index is -0.0324. The van der Waals surface area contributed by atoms with E-state index in [4.69, 9.17) is 4.52 Å². The summed E-state index contributed by atoms with van der Waals surface area (Å²) in [6.07, 6.45) is 4.05. The molecule has 6 heteroatoms. The van der Waals surface area contributed by atoms with Gasteiger partial charge in [0, 0.05) is 24.1 Å². The largest absolute Gasteiger partial charge is 0.360 e. The van der Waals surface area contributed by atoms with E-state index in [1.807, 2.05) is 0 Å². The van der Waals surface area contributed by atoms with Gasteiger partial charge in [-0.25, -0.2) is 4.98 Å². The minimum absolute atomic E-state index is 0.0106. The van der Waals surface area contributed by atoms with Gasteiger partial charge in [0.25, 0.3) is 0 Å². The summed E-state index contributed by atoms with van der Waals surface area (Å²) < 4.78 is 4.92. The maximum Gasteiger partial charge on any atom is 0.229 e. The maximum atomic E-state index is 12.1. The number of hydrogen-bond donors (Lipinski definition) is 2. The Bertz CT molecular complexity index is 572. The fourth-order valence-corrected chi connectivity index (χ4v) is 2.28. The van der Waals surface area contributed by atoms with Crippen LogP contribution in [0.2, 0.25) is 0 Å². The van der Waals surface area contributed by atoms with Crippen LogP contribution in [0.4, 0.5) is 5.82 Å². The van der Waals surface area contributed by atoms with Crippen LogP contribution in [0.25, 0.3) is 0 Å². The molecule has 3 rings (SSSR count). The molecular weight excluding hydrogens is 232 g/mol. The zero-order valence-electron chi connectivity index (χ0n) is 10.1. The van der Waals surface area contributed by atoms with Crippen molar-refractivity contribution in [3.8, 4) is 0 Å². The van der Waals surface area contributed by atoms with Crippen molar-refractivity contribution in [2.45, 2.75) is 26.2 Å². The molecule has 0 unspecified atom stereocenters. The summed E-state index contributed by atoms with van der Waals surface area (Å²) in [5.74, 6) is 1.12. The van der Waals surface area contributed by atoms with Crippen LogP contribution in [-0.4, -0.2) is 21.0 Å². The molecule has 2 heterocycles. The van der Waals surface area contributed by atoms with Crippen molar-refractivity contribution in [2.75, 3.05) is 5.32 Å². The SMILES string of the molecule is Cc1cc(NC(=O)[C@H]2CCc3nc[nH]c3C2)no1. The van der Waals surface area contributed by atoms with E-state index in [0.717, 1.165) is 24.2 Å². The molecule has 1 aliphatic rings. The number of aromatic amines is 1. The van der Waals surface area contributed by atoms with Crippen molar-refractivity contribution in [3.63, 3.8) is 0 Å². The average molecular weight is 246 g/mol. The summed E-state index contributed by atoms with van der Waals surface area (Å²) in [7, 11) is 0. The lowest BCUT2D eigenvalue weighted by molar-refractivity contribution is -0.120. The Morgan fingerprint density at radius 2 is 2.50 bits per heavy atom. The molecule has 0 fully saturated rings. The van der Waals surface area contributed by atoms with Crippen molar-refractivity contribution in [2.24, 2.45) is 5.92 Å². The van der Waals surface area contributed by atoms with Crippen LogP contribution in [-0.2, 0) is 17.6 Å². The molecule has 0 aliphatic heterocycles. The van der Waals surface area contributed by atoms with Gasteiger partial charge in [-0.15, -0.1) is 0 Å². The Balaban J connectivity index is 1.67. The highest BCUT2D eigenvalue weighted by Gasteiger charge is 2.26. The molecule has 6 nitrogen and oxygen atoms in total. The second-order valence-electron chi connectivity index (χ2n) is 4.58. The zero-order valence-corrected chi connectivity index (χ0v) is 10.1. The summed E-state index contributed by atoms with van der Waals surface area (Å²) in [5, 5.41) is 6.54. The molecule has 0 bridgehead atoms. The third-order valence-corrected chi connectivity index (χ3v) is 3.24. The van der Waals surface area contributed by atoms with E-state index in [1.54, 1.807) is 19.3 Å². The molecule has 2 aromatic heterocycles. The molecule has 0 aromatic carbocycles. The number of fused-ring (bicyclic) bond motifs is 1. The predicted octanol–water partition coefficient (Wildman–Crippen LogP) is 1.45. The first-order valence-electron chi connectivity index (χ1n) is 5.97. The first-order valence-corrected chi connectivity index (χ1v) is 5.97. The topological polar surface area (TPSA) is 83.8 Å². The monoisotopic (exact) mass is 246 g/mol. The summed E-state index contributed by atoms with van der Waals surface area (Å²) in [6.45, 7) is 1.79. The van der Waals surface area contributed by atoms with Crippen LogP contribution in [0.5, 0.6) is 0 Å². The third-order valence-electron chi connectivity index (χ3n) is 3.24. The van der Waals surface area contributed by atoms with Crippen molar-refractivity contribution >= 4 is 11.7 Å². The molecule has 0 saturated carbocycles. The van der Waals surface area contributed by atoms with Crippen molar-refractivity contribution < 1.29 is 9.32 Å². The molecule has 94 valence electrons. The van der Waals surface area contributed by atoms with Gasteiger partial charge in [0.1, 0.15) is 5.76 Å². The number of amides is 1. The van der Waals surface area contributed by atoms with Gasteiger partial charge in [0.15, 0.2) is 5.82 Å². The van der Waals surface area contributed by atoms with Gasteiger partial charge in [-0.05, 0) is 19.8 Å². The van der Waals surface area contributed by atoms with Gasteiger partial charge in [0.2, 0.25) is 5.91 Å². The van der Waals surface area contributed by atoms with Gasteiger partial charge >= 0.3 is 0 Å². The quantitative estimate of drug-likeness (QED) is 0.840. The van der Waals surface area contributed by atoms with Crippen LogP contribution < -0.4 is 5.32 Å². The molecule has 18 heavy (non-hydrogen) atoms. The summed E-state index contributed by atoms with van der Waals surface area (Å²) in [6, 6.07) is 1.71. The Kier molecular flexibility index (Phi) is 2.62. The Morgan fingerprint density at radius 3 is 3.28 bits per heavy atom. The highest BCUT2D eigenvalue weighted by molar-refractivity contribution is 5.91. The number of nitrogens with one attached hydrogen (secondary N) is 2. The molecule has 0 spiro atoms. The molecule has 2 aromatic rings. The highest BCUT2D eigenvalue weighted by atomic mass is 16.5. The highest BCUT2D eigenvalue weighted by Crippen LogP contribution is 2.24. The third kappa shape index (κ3) is 2.01. The van der Waals surface area contributed by atoms with Gasteiger partial charge in [-0.3, -0.25) is 4.79 Å². The predicted molar refractivity (Wildman–Crippen MR) is 64.0 cm³/mol. The second-order valence-corrected chi connectivity index (χ2v) is 4.58. The van der Waals surface area contributed by atoms with Crippen molar-refractivity contribution in [3.05, 3.63) is 29.5 Å². The van der Waals surface area contributed by atoms with E-state index in [2.05, 4.69) is 20.4 Å². The molecule has 1 aliphatic carbocycles. The van der Waals surface area contributed by atoms with E-state index < -0.39 is 0 Å². The van der Waals surface area contributed by atoms with E-state index in [-0.39, 0.29) is 11.8 Å². The van der Waals surface area contributed by atoms with Gasteiger partial charge < -0.3 is 14.8 Å². The fourth-order valence-electron chi connectivity index (χ4n) is 2.28. The van der Waals surface area contributed by atoms with E-state index in [0.29, 0.717) is 18.0 Å².